The number of ether oxygens (including phenoxy) is 2. The molecule has 0 bridgehead atoms. The summed E-state index contributed by atoms with van der Waals surface area (Å²) in [5.41, 5.74) is 0.291. The second kappa shape index (κ2) is 5.88. The summed E-state index contributed by atoms with van der Waals surface area (Å²) in [6, 6.07) is 0. The van der Waals surface area contributed by atoms with Crippen LogP contribution in [0.3, 0.4) is 0 Å². The number of esters is 1. The monoisotopic (exact) mass is 160 g/mol. The van der Waals surface area contributed by atoms with E-state index in [0.717, 1.165) is 13.2 Å². The van der Waals surface area contributed by atoms with Crippen LogP contribution >= 0.6 is 0 Å². The summed E-state index contributed by atoms with van der Waals surface area (Å²) < 4.78 is 8.62. The molecule has 1 saturated heterocycles. The van der Waals surface area contributed by atoms with Gasteiger partial charge in [0.2, 0.25) is 0 Å². The van der Waals surface area contributed by atoms with Crippen LogP contribution in [0, 0.1) is 0 Å². The van der Waals surface area contributed by atoms with Crippen LogP contribution in [-0.4, -0.2) is 31.1 Å². The van der Waals surface area contributed by atoms with Crippen LogP contribution in [-0.2, 0) is 14.3 Å². The Morgan fingerprint density at radius 2 is 2.18 bits per heavy atom. The topological polar surface area (TPSA) is 59.1 Å². The summed E-state index contributed by atoms with van der Waals surface area (Å²) in [6.07, 6.45) is 0. The highest BCUT2D eigenvalue weighted by Crippen LogP contribution is 1.88. The van der Waals surface area contributed by atoms with Gasteiger partial charge in [-0.15, -0.1) is 0 Å². The van der Waals surface area contributed by atoms with Gasteiger partial charge >= 0.3 is 5.97 Å². The molecule has 11 heavy (non-hydrogen) atoms. The Hall–Kier alpha value is -0.870. The van der Waals surface area contributed by atoms with Crippen molar-refractivity contribution in [3.05, 3.63) is 12.2 Å². The zero-order chi connectivity index (χ0) is 8.69. The van der Waals surface area contributed by atoms with Gasteiger partial charge in [-0.25, -0.2) is 4.79 Å². The summed E-state index contributed by atoms with van der Waals surface area (Å²) in [7, 11) is 0. The van der Waals surface area contributed by atoms with E-state index >= 15 is 0 Å². The van der Waals surface area contributed by atoms with Crippen LogP contribution in [0.5, 0.6) is 0 Å². The van der Waals surface area contributed by atoms with E-state index in [0.29, 0.717) is 5.57 Å². The molecule has 1 rings (SSSR count). The average Bonchev–Trinajstić information content (AvgIpc) is 2.72. The van der Waals surface area contributed by atoms with Crippen LogP contribution in [0.4, 0.5) is 0 Å². The first-order chi connectivity index (χ1) is 5.18. The number of epoxide rings is 1. The molecule has 1 aliphatic heterocycles. The second-order valence-electron chi connectivity index (χ2n) is 1.95. The fourth-order valence-electron chi connectivity index (χ4n) is 0.182. The van der Waals surface area contributed by atoms with E-state index in [4.69, 9.17) is 5.11 Å². The van der Waals surface area contributed by atoms with Crippen molar-refractivity contribution in [1.29, 1.82) is 0 Å². The first-order valence-corrected chi connectivity index (χ1v) is 3.19. The molecule has 0 radical (unpaired) electrons. The SMILES string of the molecule is C1CO1.C=C(C)C(=O)OCO. The summed E-state index contributed by atoms with van der Waals surface area (Å²) >= 11 is 0. The van der Waals surface area contributed by atoms with E-state index in [1.807, 2.05) is 0 Å². The van der Waals surface area contributed by atoms with E-state index in [9.17, 15) is 4.79 Å². The Labute approximate surface area is 65.4 Å². The molecule has 1 aliphatic rings. The lowest BCUT2D eigenvalue weighted by Gasteiger charge is -1.95. The molecule has 0 unspecified atom stereocenters. The molecule has 0 saturated carbocycles. The predicted molar refractivity (Wildman–Crippen MR) is 38.8 cm³/mol. The molecule has 4 heteroatoms. The standard InChI is InChI=1S/C5H8O3.C2H4O/c1-4(2)5(7)8-3-6;1-2-3-1/h6H,1,3H2,2H3;1-2H2. The van der Waals surface area contributed by atoms with Gasteiger partial charge in [0.05, 0.1) is 13.2 Å². The minimum Gasteiger partial charge on any atom is -0.435 e. The van der Waals surface area contributed by atoms with Gasteiger partial charge < -0.3 is 14.6 Å². The van der Waals surface area contributed by atoms with Crippen molar-refractivity contribution in [2.45, 2.75) is 6.92 Å². The largest absolute Gasteiger partial charge is 0.435 e. The number of aliphatic hydroxyl groups is 1. The Balaban J connectivity index is 0.000000271. The molecule has 1 fully saturated rings. The van der Waals surface area contributed by atoms with E-state index in [-0.39, 0.29) is 0 Å². The third-order valence-electron chi connectivity index (χ3n) is 0.748. The maximum atomic E-state index is 10.3. The molecule has 0 aromatic carbocycles. The molecule has 4 nitrogen and oxygen atoms in total. The third kappa shape index (κ3) is 9.13. The smallest absolute Gasteiger partial charge is 0.335 e. The number of rotatable bonds is 2. The molecule has 0 aromatic heterocycles. The minimum absolute atomic E-state index is 0.291. The molecule has 0 aromatic rings. The Kier molecular flexibility index (Phi) is 5.42. The third-order valence-corrected chi connectivity index (χ3v) is 0.748. The van der Waals surface area contributed by atoms with Crippen molar-refractivity contribution in [2.24, 2.45) is 0 Å². The lowest BCUT2D eigenvalue weighted by molar-refractivity contribution is -0.146. The van der Waals surface area contributed by atoms with Crippen molar-refractivity contribution in [3.8, 4) is 0 Å². The molecule has 0 amide bonds. The molecule has 1 N–H and O–H groups in total. The van der Waals surface area contributed by atoms with Crippen molar-refractivity contribution < 1.29 is 19.4 Å². The highest BCUT2D eigenvalue weighted by molar-refractivity contribution is 5.86. The lowest BCUT2D eigenvalue weighted by Crippen LogP contribution is -2.04. The number of hydrogen-bond donors (Lipinski definition) is 1. The van der Waals surface area contributed by atoms with E-state index in [2.05, 4.69) is 16.1 Å². The quantitative estimate of drug-likeness (QED) is 0.269. The molecule has 1 heterocycles. The van der Waals surface area contributed by atoms with Gasteiger partial charge in [0, 0.05) is 5.57 Å². The zero-order valence-corrected chi connectivity index (χ0v) is 6.50. The van der Waals surface area contributed by atoms with Crippen LogP contribution in [0.25, 0.3) is 0 Å². The van der Waals surface area contributed by atoms with Crippen LogP contribution < -0.4 is 0 Å². The number of carbonyl (C=O) groups excluding carboxylic acids is 1. The van der Waals surface area contributed by atoms with Gasteiger partial charge in [0.15, 0.2) is 6.79 Å². The summed E-state index contributed by atoms with van der Waals surface area (Å²) in [6.45, 7) is 6.22. The molecular formula is C7H12O4. The maximum Gasteiger partial charge on any atom is 0.335 e. The van der Waals surface area contributed by atoms with Crippen molar-refractivity contribution >= 4 is 5.97 Å². The Morgan fingerprint density at radius 3 is 2.27 bits per heavy atom. The van der Waals surface area contributed by atoms with E-state index < -0.39 is 12.8 Å². The van der Waals surface area contributed by atoms with Gasteiger partial charge in [-0.3, -0.25) is 0 Å². The predicted octanol–water partition coefficient (Wildman–Crippen LogP) is 0.0721. The van der Waals surface area contributed by atoms with Gasteiger partial charge in [0.25, 0.3) is 0 Å². The lowest BCUT2D eigenvalue weighted by atomic mass is 10.4. The average molecular weight is 160 g/mol. The Bertz CT molecular complexity index is 137. The molecule has 0 spiro atoms. The molecular weight excluding hydrogens is 148 g/mol. The Morgan fingerprint density at radius 1 is 1.73 bits per heavy atom. The first-order valence-electron chi connectivity index (χ1n) is 3.19. The van der Waals surface area contributed by atoms with Gasteiger partial charge in [0.1, 0.15) is 0 Å². The highest BCUT2D eigenvalue weighted by Gasteiger charge is 1.98. The summed E-state index contributed by atoms with van der Waals surface area (Å²) in [4.78, 5) is 10.3. The molecule has 64 valence electrons. The summed E-state index contributed by atoms with van der Waals surface area (Å²) in [5, 5.41) is 8.00. The van der Waals surface area contributed by atoms with E-state index in [1.165, 1.54) is 6.92 Å². The molecule has 0 aliphatic carbocycles. The zero-order valence-electron chi connectivity index (χ0n) is 6.50. The number of aliphatic hydroxyl groups excluding tert-OH is 1. The fraction of sp³-hybridized carbons (Fsp3) is 0.571. The number of carbonyl (C=O) groups is 1. The van der Waals surface area contributed by atoms with Crippen molar-refractivity contribution in [1.82, 2.24) is 0 Å². The van der Waals surface area contributed by atoms with Crippen LogP contribution in [0.15, 0.2) is 12.2 Å². The van der Waals surface area contributed by atoms with E-state index in [1.54, 1.807) is 0 Å². The van der Waals surface area contributed by atoms with Crippen LogP contribution in [0.2, 0.25) is 0 Å². The van der Waals surface area contributed by atoms with Gasteiger partial charge in [-0.05, 0) is 6.92 Å². The van der Waals surface area contributed by atoms with Gasteiger partial charge in [-0.2, -0.15) is 0 Å². The molecule has 0 atom stereocenters. The normalized spacial score (nSPS) is 12.5. The fourth-order valence-corrected chi connectivity index (χ4v) is 0.182. The highest BCUT2D eigenvalue weighted by atomic mass is 16.6. The van der Waals surface area contributed by atoms with Crippen molar-refractivity contribution in [2.75, 3.05) is 20.0 Å². The van der Waals surface area contributed by atoms with Gasteiger partial charge in [-0.1, -0.05) is 6.58 Å². The number of hydrogen-bond acceptors (Lipinski definition) is 4. The first kappa shape index (κ1) is 10.1. The van der Waals surface area contributed by atoms with Crippen LogP contribution in [0.1, 0.15) is 6.92 Å². The van der Waals surface area contributed by atoms with Crippen molar-refractivity contribution in [3.63, 3.8) is 0 Å². The second-order valence-corrected chi connectivity index (χ2v) is 1.95. The summed E-state index contributed by atoms with van der Waals surface area (Å²) in [5.74, 6) is -0.562. The minimum atomic E-state index is -0.578. The maximum absolute atomic E-state index is 10.3.